The van der Waals surface area contributed by atoms with Crippen LogP contribution in [0.15, 0.2) is 54.6 Å². The molecule has 0 bridgehead atoms. The summed E-state index contributed by atoms with van der Waals surface area (Å²) in [5.41, 5.74) is 0.690. The molecule has 3 N–H and O–H groups in total. The molecule has 5 heteroatoms. The van der Waals surface area contributed by atoms with Crippen molar-refractivity contribution in [1.29, 1.82) is 0 Å². The van der Waals surface area contributed by atoms with Gasteiger partial charge in [0, 0.05) is 0 Å². The third kappa shape index (κ3) is 8.07. The number of aromatic hydroxyl groups is 2. The SMILES string of the molecule is O=C(O)Cc1ccc(O)cc1.Oc1ccccc1.[H-].[H-].[Mg+2]. The Morgan fingerprint density at radius 1 is 0.895 bits per heavy atom. The Bertz CT molecular complexity index is 492. The van der Waals surface area contributed by atoms with Crippen LogP contribution < -0.4 is 0 Å². The minimum atomic E-state index is -0.865. The Balaban J connectivity index is -0.000000288. The van der Waals surface area contributed by atoms with Gasteiger partial charge in [-0.2, -0.15) is 0 Å². The Morgan fingerprint density at radius 3 is 1.74 bits per heavy atom. The Labute approximate surface area is 130 Å². The van der Waals surface area contributed by atoms with Gasteiger partial charge >= 0.3 is 29.0 Å². The number of phenols is 2. The smallest absolute Gasteiger partial charge is 1.00 e. The summed E-state index contributed by atoms with van der Waals surface area (Å²) in [7, 11) is 0. The van der Waals surface area contributed by atoms with E-state index in [0.717, 1.165) is 0 Å². The number of carbonyl (C=O) groups is 1. The van der Waals surface area contributed by atoms with Crippen molar-refractivity contribution in [2.45, 2.75) is 6.42 Å². The van der Waals surface area contributed by atoms with Gasteiger partial charge in [0.1, 0.15) is 11.5 Å². The largest absolute Gasteiger partial charge is 2.00 e. The summed E-state index contributed by atoms with van der Waals surface area (Å²) < 4.78 is 0. The van der Waals surface area contributed by atoms with Crippen LogP contribution in [0.3, 0.4) is 0 Å². The summed E-state index contributed by atoms with van der Waals surface area (Å²) in [6.07, 6.45) is 0.000278. The fourth-order valence-electron chi connectivity index (χ4n) is 1.22. The molecule has 0 radical (unpaired) electrons. The van der Waals surface area contributed by atoms with Gasteiger partial charge in [0.25, 0.3) is 0 Å². The van der Waals surface area contributed by atoms with E-state index >= 15 is 0 Å². The molecule has 0 spiro atoms. The third-order valence-electron chi connectivity index (χ3n) is 2.05. The normalized spacial score (nSPS) is 8.63. The van der Waals surface area contributed by atoms with Crippen LogP contribution >= 0.6 is 0 Å². The molecule has 0 atom stereocenters. The molecule has 2 rings (SSSR count). The quantitative estimate of drug-likeness (QED) is 0.733. The first-order valence-corrected chi connectivity index (χ1v) is 5.31. The fraction of sp³-hybridized carbons (Fsp3) is 0.0714. The van der Waals surface area contributed by atoms with Crippen molar-refractivity contribution in [1.82, 2.24) is 0 Å². The van der Waals surface area contributed by atoms with E-state index in [4.69, 9.17) is 15.3 Å². The van der Waals surface area contributed by atoms with Crippen LogP contribution in [0.2, 0.25) is 0 Å². The Morgan fingerprint density at radius 2 is 1.37 bits per heavy atom. The van der Waals surface area contributed by atoms with Crippen LogP contribution in [0.5, 0.6) is 11.5 Å². The van der Waals surface area contributed by atoms with E-state index in [0.29, 0.717) is 11.3 Å². The number of para-hydroxylation sites is 1. The first kappa shape index (κ1) is 17.3. The first-order valence-electron chi connectivity index (χ1n) is 5.31. The van der Waals surface area contributed by atoms with Crippen molar-refractivity contribution >= 4 is 29.0 Å². The van der Waals surface area contributed by atoms with E-state index in [1.807, 2.05) is 6.07 Å². The molecule has 0 saturated heterocycles. The Kier molecular flexibility index (Phi) is 8.40. The number of rotatable bonds is 2. The second-order valence-electron chi connectivity index (χ2n) is 3.57. The molecule has 2 aromatic carbocycles. The van der Waals surface area contributed by atoms with E-state index in [1.54, 1.807) is 36.4 Å². The van der Waals surface area contributed by atoms with Gasteiger partial charge in [-0.25, -0.2) is 0 Å². The molecule has 0 heterocycles. The van der Waals surface area contributed by atoms with Crippen LogP contribution in [0.1, 0.15) is 8.42 Å². The van der Waals surface area contributed by atoms with Gasteiger partial charge < -0.3 is 18.2 Å². The second kappa shape index (κ2) is 9.24. The van der Waals surface area contributed by atoms with Crippen molar-refractivity contribution in [3.05, 3.63) is 60.2 Å². The number of benzene rings is 2. The molecule has 98 valence electrons. The van der Waals surface area contributed by atoms with Gasteiger partial charge in [-0.05, 0) is 29.8 Å². The molecule has 0 amide bonds. The third-order valence-corrected chi connectivity index (χ3v) is 2.05. The summed E-state index contributed by atoms with van der Waals surface area (Å²) in [6.45, 7) is 0. The monoisotopic (exact) mass is 272 g/mol. The molecule has 4 nitrogen and oxygen atoms in total. The minimum Gasteiger partial charge on any atom is -1.00 e. The number of phenolic OH excluding ortho intramolecular Hbond substituents is 2. The van der Waals surface area contributed by atoms with Gasteiger partial charge in [-0.3, -0.25) is 4.79 Å². The van der Waals surface area contributed by atoms with Crippen molar-refractivity contribution in [3.8, 4) is 11.5 Å². The first-order chi connectivity index (χ1) is 8.58. The summed E-state index contributed by atoms with van der Waals surface area (Å²) >= 11 is 0. The minimum absolute atomic E-state index is 0. The number of hydrogen-bond acceptors (Lipinski definition) is 3. The molecule has 0 fully saturated rings. The molecule has 0 saturated carbocycles. The van der Waals surface area contributed by atoms with Crippen LogP contribution in [0.25, 0.3) is 0 Å². The average molecular weight is 273 g/mol. The van der Waals surface area contributed by atoms with E-state index < -0.39 is 5.97 Å². The fourth-order valence-corrected chi connectivity index (χ4v) is 1.22. The molecular weight excluding hydrogens is 256 g/mol. The Hall–Kier alpha value is -1.72. The maximum absolute atomic E-state index is 10.2. The average Bonchev–Trinajstić information content (AvgIpc) is 2.33. The van der Waals surface area contributed by atoms with Crippen molar-refractivity contribution in [2.75, 3.05) is 0 Å². The zero-order valence-corrected chi connectivity index (χ0v) is 11.8. The van der Waals surface area contributed by atoms with Crippen LogP contribution in [0, 0.1) is 0 Å². The molecule has 0 unspecified atom stereocenters. The molecule has 19 heavy (non-hydrogen) atoms. The summed E-state index contributed by atoms with van der Waals surface area (Å²) in [5.74, 6) is -0.391. The van der Waals surface area contributed by atoms with Crippen molar-refractivity contribution in [2.24, 2.45) is 0 Å². The molecular formula is C14H16MgO4. The summed E-state index contributed by atoms with van der Waals surface area (Å²) in [5, 5.41) is 25.8. The van der Waals surface area contributed by atoms with Gasteiger partial charge in [-0.15, -0.1) is 0 Å². The zero-order chi connectivity index (χ0) is 13.4. The van der Waals surface area contributed by atoms with Crippen LogP contribution in [-0.2, 0) is 11.2 Å². The van der Waals surface area contributed by atoms with E-state index in [1.165, 1.54) is 12.1 Å². The predicted octanol–water partition coefficient (Wildman–Crippen LogP) is 2.26. The number of aliphatic carboxylic acids is 1. The number of carboxylic acid groups (broad SMARTS) is 1. The van der Waals surface area contributed by atoms with Gasteiger partial charge in [0.05, 0.1) is 6.42 Å². The molecule has 0 aliphatic carbocycles. The number of hydrogen-bond donors (Lipinski definition) is 3. The van der Waals surface area contributed by atoms with E-state index in [-0.39, 0.29) is 38.1 Å². The molecule has 0 aromatic heterocycles. The van der Waals surface area contributed by atoms with Gasteiger partial charge in [0.15, 0.2) is 0 Å². The number of carboxylic acids is 1. The standard InChI is InChI=1S/C8H8O3.C6H6O.Mg.2H/c9-7-3-1-6(2-4-7)5-8(10)11;7-6-4-2-1-3-5-6;;;/h1-4,9H,5H2,(H,10,11);1-5,7H;;;/q;;+2;2*-1. The topological polar surface area (TPSA) is 77.8 Å². The zero-order valence-electron chi connectivity index (χ0n) is 12.4. The van der Waals surface area contributed by atoms with Gasteiger partial charge in [-0.1, -0.05) is 30.3 Å². The maximum Gasteiger partial charge on any atom is 2.00 e. The van der Waals surface area contributed by atoms with E-state index in [9.17, 15) is 4.79 Å². The summed E-state index contributed by atoms with van der Waals surface area (Å²) in [6, 6.07) is 14.8. The molecule has 0 aliphatic heterocycles. The maximum atomic E-state index is 10.2. The van der Waals surface area contributed by atoms with Crippen molar-refractivity contribution < 1.29 is 23.0 Å². The summed E-state index contributed by atoms with van der Waals surface area (Å²) in [4.78, 5) is 10.2. The van der Waals surface area contributed by atoms with Crippen LogP contribution in [-0.4, -0.2) is 44.3 Å². The van der Waals surface area contributed by atoms with E-state index in [2.05, 4.69) is 0 Å². The van der Waals surface area contributed by atoms with Crippen molar-refractivity contribution in [3.63, 3.8) is 0 Å². The molecule has 2 aromatic rings. The second-order valence-corrected chi connectivity index (χ2v) is 3.57. The van der Waals surface area contributed by atoms with Crippen LogP contribution in [0.4, 0.5) is 0 Å². The molecule has 0 aliphatic rings. The predicted molar refractivity (Wildman–Crippen MR) is 75.5 cm³/mol. The van der Waals surface area contributed by atoms with Gasteiger partial charge in [0.2, 0.25) is 0 Å².